The number of rotatable bonds is 5. The predicted molar refractivity (Wildman–Crippen MR) is 62.3 cm³/mol. The highest BCUT2D eigenvalue weighted by Gasteiger charge is 2.12. The summed E-state index contributed by atoms with van der Waals surface area (Å²) < 4.78 is 46.8. The Labute approximate surface area is 99.4 Å². The molecule has 0 aliphatic carbocycles. The van der Waals surface area contributed by atoms with Crippen LogP contribution in [0.5, 0.6) is 0 Å². The Kier molecular flexibility index (Phi) is 4.09. The topological polar surface area (TPSA) is 127 Å². The Balaban J connectivity index is 3.03. The van der Waals surface area contributed by atoms with Crippen LogP contribution in [0, 0.1) is 0 Å². The van der Waals surface area contributed by atoms with Crippen LogP contribution in [0.2, 0.25) is 0 Å². The van der Waals surface area contributed by atoms with Gasteiger partial charge in [-0.05, 0) is 18.2 Å². The van der Waals surface area contributed by atoms with Gasteiger partial charge in [-0.15, -0.1) is 0 Å². The van der Waals surface area contributed by atoms with Gasteiger partial charge in [0.05, 0.1) is 17.3 Å². The van der Waals surface area contributed by atoms with E-state index in [1.807, 2.05) is 0 Å². The van der Waals surface area contributed by atoms with Gasteiger partial charge >= 0.3 is 0 Å². The van der Waals surface area contributed by atoms with Crippen molar-refractivity contribution in [3.8, 4) is 0 Å². The summed E-state index contributed by atoms with van der Waals surface area (Å²) in [6, 6.07) is 5.09. The van der Waals surface area contributed by atoms with Crippen LogP contribution in [0.4, 0.5) is 5.69 Å². The first-order valence-corrected chi connectivity index (χ1v) is 7.69. The summed E-state index contributed by atoms with van der Waals surface area (Å²) in [6.45, 7) is -0.524. The van der Waals surface area contributed by atoms with Crippen LogP contribution in [0.3, 0.4) is 0 Å². The number of nitrogens with one attached hydrogen (secondary N) is 1. The van der Waals surface area contributed by atoms with Crippen molar-refractivity contribution in [3.63, 3.8) is 0 Å². The number of nitrogens with two attached hydrogens (primary N) is 1. The number of benzene rings is 1. The number of sulfonamides is 2. The first-order valence-electron chi connectivity index (χ1n) is 4.49. The van der Waals surface area contributed by atoms with Gasteiger partial charge in [0.15, 0.2) is 0 Å². The molecule has 0 saturated heterocycles. The third-order valence-corrected chi connectivity index (χ3v) is 3.97. The molecule has 0 fully saturated rings. The molecule has 0 spiro atoms. The second-order valence-corrected chi connectivity index (χ2v) is 6.62. The van der Waals surface area contributed by atoms with Crippen molar-refractivity contribution in [1.82, 2.24) is 0 Å². The lowest BCUT2D eigenvalue weighted by Gasteiger charge is -2.07. The van der Waals surface area contributed by atoms with Gasteiger partial charge in [-0.3, -0.25) is 4.72 Å². The van der Waals surface area contributed by atoms with Crippen LogP contribution in [0.25, 0.3) is 0 Å². The molecule has 0 heterocycles. The molecule has 1 rings (SSSR count). The van der Waals surface area contributed by atoms with Crippen LogP contribution in [-0.2, 0) is 20.0 Å². The highest BCUT2D eigenvalue weighted by atomic mass is 32.2. The molecule has 0 bridgehead atoms. The summed E-state index contributed by atoms with van der Waals surface area (Å²) in [5, 5.41) is 13.4. The van der Waals surface area contributed by atoms with Gasteiger partial charge in [-0.2, -0.15) is 0 Å². The number of aliphatic hydroxyl groups excluding tert-OH is 1. The number of hydrogen-bond donors (Lipinski definition) is 3. The van der Waals surface area contributed by atoms with Gasteiger partial charge in [0.1, 0.15) is 0 Å². The van der Waals surface area contributed by atoms with E-state index in [0.29, 0.717) is 0 Å². The molecule has 0 radical (unpaired) electrons. The van der Waals surface area contributed by atoms with Gasteiger partial charge in [-0.25, -0.2) is 22.0 Å². The van der Waals surface area contributed by atoms with Crippen molar-refractivity contribution in [2.45, 2.75) is 4.90 Å². The lowest BCUT2D eigenvalue weighted by atomic mass is 10.3. The highest BCUT2D eigenvalue weighted by Crippen LogP contribution is 2.15. The molecule has 0 saturated carbocycles. The van der Waals surface area contributed by atoms with Crippen molar-refractivity contribution < 1.29 is 21.9 Å². The maximum atomic E-state index is 11.3. The zero-order valence-corrected chi connectivity index (χ0v) is 10.3. The Morgan fingerprint density at radius 2 is 1.88 bits per heavy atom. The molecule has 1 aromatic carbocycles. The smallest absolute Gasteiger partial charge is 0.238 e. The Morgan fingerprint density at radius 1 is 1.24 bits per heavy atom. The molecule has 0 aliphatic rings. The molecule has 1 aromatic rings. The van der Waals surface area contributed by atoms with Crippen molar-refractivity contribution >= 4 is 25.7 Å². The second kappa shape index (κ2) is 5.00. The van der Waals surface area contributed by atoms with Crippen molar-refractivity contribution in [1.29, 1.82) is 0 Å². The lowest BCUT2D eigenvalue weighted by Crippen LogP contribution is -2.19. The lowest BCUT2D eigenvalue weighted by molar-refractivity contribution is 0.320. The number of aliphatic hydroxyl groups is 1. The van der Waals surface area contributed by atoms with E-state index in [1.54, 1.807) is 0 Å². The third-order valence-electron chi connectivity index (χ3n) is 1.80. The van der Waals surface area contributed by atoms with Crippen molar-refractivity contribution in [2.75, 3.05) is 17.1 Å². The molecule has 9 heteroatoms. The second-order valence-electron chi connectivity index (χ2n) is 3.22. The van der Waals surface area contributed by atoms with Crippen LogP contribution in [-0.4, -0.2) is 34.3 Å². The molecule has 0 amide bonds. The van der Waals surface area contributed by atoms with E-state index < -0.39 is 32.4 Å². The standard InChI is InChI=1S/C8H12N2O5S2/c9-17(14,15)8-3-1-2-7(6-8)10-16(12,13)5-4-11/h1-3,6,10-11H,4-5H2,(H2,9,14,15). The number of anilines is 1. The summed E-state index contributed by atoms with van der Waals surface area (Å²) in [6.07, 6.45) is 0. The van der Waals surface area contributed by atoms with Gasteiger partial charge in [-0.1, -0.05) is 6.07 Å². The Hall–Kier alpha value is -1.16. The minimum atomic E-state index is -3.88. The SMILES string of the molecule is NS(=O)(=O)c1cccc(NS(=O)(=O)CCO)c1. The highest BCUT2D eigenvalue weighted by molar-refractivity contribution is 7.92. The molecule has 17 heavy (non-hydrogen) atoms. The zero-order valence-electron chi connectivity index (χ0n) is 8.70. The van der Waals surface area contributed by atoms with E-state index in [9.17, 15) is 16.8 Å². The maximum Gasteiger partial charge on any atom is 0.238 e. The first kappa shape index (κ1) is 13.9. The zero-order chi connectivity index (χ0) is 13.1. The molecule has 0 unspecified atom stereocenters. The molecular weight excluding hydrogens is 268 g/mol. The minimum Gasteiger partial charge on any atom is -0.395 e. The van der Waals surface area contributed by atoms with Crippen molar-refractivity contribution in [2.24, 2.45) is 5.14 Å². The van der Waals surface area contributed by atoms with Crippen molar-refractivity contribution in [3.05, 3.63) is 24.3 Å². The van der Waals surface area contributed by atoms with E-state index in [4.69, 9.17) is 10.2 Å². The number of primary sulfonamides is 1. The maximum absolute atomic E-state index is 11.3. The molecule has 0 aromatic heterocycles. The summed E-state index contributed by atoms with van der Waals surface area (Å²) in [5.74, 6) is -0.466. The van der Waals surface area contributed by atoms with E-state index in [1.165, 1.54) is 18.2 Å². The Bertz CT molecular complexity index is 594. The minimum absolute atomic E-state index is 0.0741. The first-order chi connectivity index (χ1) is 7.74. The summed E-state index contributed by atoms with van der Waals surface area (Å²) >= 11 is 0. The fourth-order valence-corrected chi connectivity index (χ4v) is 2.48. The average molecular weight is 280 g/mol. The van der Waals surface area contributed by atoms with Crippen LogP contribution in [0.15, 0.2) is 29.2 Å². The largest absolute Gasteiger partial charge is 0.395 e. The molecule has 4 N–H and O–H groups in total. The van der Waals surface area contributed by atoms with Gasteiger partial charge in [0, 0.05) is 5.69 Å². The fourth-order valence-electron chi connectivity index (χ4n) is 1.09. The monoisotopic (exact) mass is 280 g/mol. The predicted octanol–water partition coefficient (Wildman–Crippen LogP) is -0.932. The van der Waals surface area contributed by atoms with Crippen LogP contribution < -0.4 is 9.86 Å². The molecule has 96 valence electrons. The molecular formula is C8H12N2O5S2. The van der Waals surface area contributed by atoms with Gasteiger partial charge in [0.2, 0.25) is 20.0 Å². The molecule has 7 nitrogen and oxygen atoms in total. The van der Waals surface area contributed by atoms with E-state index >= 15 is 0 Å². The fraction of sp³-hybridized carbons (Fsp3) is 0.250. The van der Waals surface area contributed by atoms with Crippen LogP contribution >= 0.6 is 0 Å². The quantitative estimate of drug-likeness (QED) is 0.642. The normalized spacial score (nSPS) is 12.4. The third kappa shape index (κ3) is 4.30. The average Bonchev–Trinajstić information content (AvgIpc) is 2.15. The summed E-state index contributed by atoms with van der Waals surface area (Å²) in [5.41, 5.74) is 0.0741. The van der Waals surface area contributed by atoms with Gasteiger partial charge < -0.3 is 5.11 Å². The molecule has 0 aliphatic heterocycles. The van der Waals surface area contributed by atoms with Gasteiger partial charge in [0.25, 0.3) is 0 Å². The summed E-state index contributed by atoms with van der Waals surface area (Å²) in [4.78, 5) is -0.193. The van der Waals surface area contributed by atoms with E-state index in [2.05, 4.69) is 4.72 Å². The van der Waals surface area contributed by atoms with E-state index in [-0.39, 0.29) is 10.6 Å². The van der Waals surface area contributed by atoms with E-state index in [0.717, 1.165) is 6.07 Å². The Morgan fingerprint density at radius 3 is 2.41 bits per heavy atom. The number of hydrogen-bond acceptors (Lipinski definition) is 5. The summed E-state index contributed by atoms with van der Waals surface area (Å²) in [7, 11) is -7.56. The molecule has 0 atom stereocenters. The van der Waals surface area contributed by atoms with Crippen LogP contribution in [0.1, 0.15) is 0 Å².